The maximum Gasteiger partial charge on any atom is 4.00 e. The molecule has 0 spiro atoms. The molecule has 0 aromatic heterocycles. The van der Waals surface area contributed by atoms with Crippen molar-refractivity contribution in [1.82, 2.24) is 0 Å². The van der Waals surface area contributed by atoms with E-state index in [1.165, 1.54) is 22.3 Å². The minimum absolute atomic E-state index is 0. The third kappa shape index (κ3) is 8.19. The fraction of sp³-hybridized carbons (Fsp3) is 0.429. The molecule has 0 nitrogen and oxygen atoms in total. The summed E-state index contributed by atoms with van der Waals surface area (Å²) >= 11 is 0. The van der Waals surface area contributed by atoms with E-state index in [4.69, 9.17) is 0 Å². The van der Waals surface area contributed by atoms with Crippen molar-refractivity contribution in [2.24, 2.45) is 0 Å². The summed E-state index contributed by atoms with van der Waals surface area (Å²) in [5.41, 5.74) is 5.56. The topological polar surface area (TPSA) is 0 Å². The molecule has 92 valence electrons. The van der Waals surface area contributed by atoms with Gasteiger partial charge in [-0.2, -0.15) is 12.2 Å². The van der Waals surface area contributed by atoms with E-state index in [1.807, 2.05) is 0 Å². The maximum atomic E-state index is 3.12. The van der Waals surface area contributed by atoms with E-state index in [0.29, 0.717) is 0 Å². The summed E-state index contributed by atoms with van der Waals surface area (Å²) in [5, 5.41) is 0. The van der Waals surface area contributed by atoms with Crippen LogP contribution in [0.2, 0.25) is 0 Å². The zero-order valence-corrected chi connectivity index (χ0v) is 14.8. The zero-order chi connectivity index (χ0) is 10.6. The number of hydrogen-bond acceptors (Lipinski definition) is 0. The van der Waals surface area contributed by atoms with E-state index in [1.54, 1.807) is 0 Å². The van der Waals surface area contributed by atoms with Crippen LogP contribution in [-0.2, 0) is 26.2 Å². The first kappa shape index (κ1) is 22.6. The summed E-state index contributed by atoms with van der Waals surface area (Å²) in [4.78, 5) is 0. The van der Waals surface area contributed by atoms with E-state index in [0.717, 1.165) is 12.8 Å². The van der Waals surface area contributed by atoms with Crippen LogP contribution >= 0.6 is 0 Å². The van der Waals surface area contributed by atoms with Crippen molar-refractivity contribution in [2.45, 2.75) is 40.5 Å². The smallest absolute Gasteiger partial charge is 1.00 e. The van der Waals surface area contributed by atoms with Crippen LogP contribution in [0.15, 0.2) is 34.4 Å². The Labute approximate surface area is 137 Å². The van der Waals surface area contributed by atoms with E-state index in [2.05, 4.69) is 52.0 Å². The maximum absolute atomic E-state index is 3.12. The van der Waals surface area contributed by atoms with Crippen LogP contribution in [0.1, 0.15) is 40.5 Å². The molecule has 0 atom stereocenters. The van der Waals surface area contributed by atoms with Crippen LogP contribution in [-0.4, -0.2) is 0 Å². The number of halogens is 2. The van der Waals surface area contributed by atoms with Crippen LogP contribution in [0.5, 0.6) is 0 Å². The Balaban J connectivity index is -0.000000196. The molecule has 2 rings (SSSR count). The average Bonchev–Trinajstić information content (AvgIpc) is 2.67. The molecule has 0 aromatic carbocycles. The molecule has 17 heavy (non-hydrogen) atoms. The van der Waals surface area contributed by atoms with Gasteiger partial charge in [0.15, 0.2) is 0 Å². The predicted molar refractivity (Wildman–Crippen MR) is 61.6 cm³/mol. The van der Waals surface area contributed by atoms with Gasteiger partial charge in [-0.05, 0) is 0 Å². The fourth-order valence-electron chi connectivity index (χ4n) is 1.27. The molecule has 0 N–H and O–H groups in total. The molecule has 0 heterocycles. The van der Waals surface area contributed by atoms with Crippen molar-refractivity contribution in [2.75, 3.05) is 0 Å². The quantitative estimate of drug-likeness (QED) is 0.452. The van der Waals surface area contributed by atoms with Crippen molar-refractivity contribution in [3.05, 3.63) is 46.6 Å². The Morgan fingerprint density at radius 2 is 1.06 bits per heavy atom. The second-order valence-electron chi connectivity index (χ2n) is 3.92. The van der Waals surface area contributed by atoms with Gasteiger partial charge >= 0.3 is 26.2 Å². The third-order valence-electron chi connectivity index (χ3n) is 2.73. The largest absolute Gasteiger partial charge is 4.00 e. The molecular weight excluding hydrogens is 330 g/mol. The van der Waals surface area contributed by atoms with Gasteiger partial charge in [0.05, 0.1) is 0 Å². The summed E-state index contributed by atoms with van der Waals surface area (Å²) in [7, 11) is 0. The minimum atomic E-state index is 0. The molecule has 0 saturated carbocycles. The summed E-state index contributed by atoms with van der Waals surface area (Å²) in [6.07, 6.45) is 12.6. The second kappa shape index (κ2) is 11.5. The van der Waals surface area contributed by atoms with Crippen LogP contribution in [0.3, 0.4) is 0 Å². The monoisotopic (exact) mass is 346 g/mol. The first-order valence-corrected chi connectivity index (χ1v) is 5.10. The predicted octanol–water partition coefficient (Wildman–Crippen LogP) is -1.82. The molecule has 0 amide bonds. The van der Waals surface area contributed by atoms with Gasteiger partial charge in [-0.3, -0.25) is 12.2 Å². The van der Waals surface area contributed by atoms with E-state index in [9.17, 15) is 0 Å². The standard InChI is InChI=1S/2C7H9.2ClH.Zr/c2*1-6-4-3-5-7(6)2;;;/h2*3H,4H2,1-2H3;2*1H;/q2*-1;;;+4/p-2. The normalized spacial score (nSPS) is 15.8. The first-order valence-electron chi connectivity index (χ1n) is 5.10. The molecular formula is C14H18Cl2Zr. The molecule has 0 aliphatic heterocycles. The van der Waals surface area contributed by atoms with Gasteiger partial charge in [0, 0.05) is 0 Å². The fourth-order valence-corrected chi connectivity index (χ4v) is 1.27. The van der Waals surface area contributed by atoms with E-state index >= 15 is 0 Å². The summed E-state index contributed by atoms with van der Waals surface area (Å²) < 4.78 is 0. The van der Waals surface area contributed by atoms with Gasteiger partial charge in [0.1, 0.15) is 0 Å². The van der Waals surface area contributed by atoms with Gasteiger partial charge in [0.25, 0.3) is 0 Å². The summed E-state index contributed by atoms with van der Waals surface area (Å²) in [6, 6.07) is 0. The van der Waals surface area contributed by atoms with Crippen molar-refractivity contribution >= 4 is 0 Å². The third-order valence-corrected chi connectivity index (χ3v) is 2.73. The Morgan fingerprint density at radius 3 is 1.12 bits per heavy atom. The van der Waals surface area contributed by atoms with Crippen molar-refractivity contribution < 1.29 is 51.0 Å². The molecule has 3 heteroatoms. The Morgan fingerprint density at radius 1 is 0.765 bits per heavy atom. The van der Waals surface area contributed by atoms with Gasteiger partial charge in [0.2, 0.25) is 0 Å². The SMILES string of the molecule is CC1=C(C)CC=[C-]1.CC1=C(C)CC=[C-]1.[Cl-].[Cl-].[Zr+4]. The molecule has 2 aliphatic carbocycles. The Kier molecular flexibility index (Phi) is 15.3. The van der Waals surface area contributed by atoms with Crippen LogP contribution in [0, 0.1) is 12.2 Å². The summed E-state index contributed by atoms with van der Waals surface area (Å²) in [5.74, 6) is 0. The molecule has 0 saturated heterocycles. The van der Waals surface area contributed by atoms with Crippen molar-refractivity contribution in [3.8, 4) is 0 Å². The van der Waals surface area contributed by atoms with Gasteiger partial charge in [-0.25, -0.2) is 22.3 Å². The van der Waals surface area contributed by atoms with Gasteiger partial charge in [-0.1, -0.05) is 26.7 Å². The Hall–Kier alpha value is 0.423. The average molecular weight is 348 g/mol. The van der Waals surface area contributed by atoms with E-state index < -0.39 is 0 Å². The molecule has 0 fully saturated rings. The van der Waals surface area contributed by atoms with Crippen LogP contribution in [0.25, 0.3) is 0 Å². The van der Waals surface area contributed by atoms with Crippen LogP contribution < -0.4 is 24.8 Å². The zero-order valence-electron chi connectivity index (χ0n) is 10.8. The molecule has 0 unspecified atom stereocenters. The molecule has 0 bridgehead atoms. The molecule has 0 aromatic rings. The molecule has 0 radical (unpaired) electrons. The van der Waals surface area contributed by atoms with Crippen LogP contribution in [0.4, 0.5) is 0 Å². The number of allylic oxidation sites excluding steroid dienone is 8. The minimum Gasteiger partial charge on any atom is -1.00 e. The first-order chi connectivity index (χ1) is 6.61. The Bertz CT molecular complexity index is 302. The number of hydrogen-bond donors (Lipinski definition) is 0. The van der Waals surface area contributed by atoms with Crippen molar-refractivity contribution in [1.29, 1.82) is 0 Å². The molecule has 2 aliphatic rings. The van der Waals surface area contributed by atoms with Gasteiger partial charge in [-0.15, -0.1) is 13.8 Å². The summed E-state index contributed by atoms with van der Waals surface area (Å²) in [6.45, 7) is 8.48. The van der Waals surface area contributed by atoms with Crippen molar-refractivity contribution in [3.63, 3.8) is 0 Å². The van der Waals surface area contributed by atoms with Gasteiger partial charge < -0.3 is 24.8 Å². The second-order valence-corrected chi connectivity index (χ2v) is 3.92. The van der Waals surface area contributed by atoms with E-state index in [-0.39, 0.29) is 51.0 Å². The number of rotatable bonds is 0.